The molecule has 0 heterocycles. The van der Waals surface area contributed by atoms with Gasteiger partial charge >= 0.3 is 17.9 Å². The Morgan fingerprint density at radius 1 is 0.484 bits per heavy atom. The van der Waals surface area contributed by atoms with E-state index in [2.05, 4.69) is 86.8 Å². The Balaban J connectivity index is 4.34. The van der Waals surface area contributed by atoms with Crippen molar-refractivity contribution in [3.63, 3.8) is 0 Å². The molecule has 0 bridgehead atoms. The standard InChI is InChI=1S/C54H93NO7/c1-6-8-10-12-14-16-18-20-22-24-25-26-27-29-31-33-35-37-39-41-43-45-53(57)62-50(48-60-47-46-51(54(58)59)55(3,4)5)49-61-52(56)44-42-40-38-36-34-32-30-28-23-21-19-17-15-13-11-9-7-2/h14-17,20-23,25-26,29,31,50-51H,6-13,18-19,24,27-28,30,32-49H2,1-5H3/p+1/b16-14+,17-15+,22-20+,23-21+,26-25+,31-29+. The normalized spacial score (nSPS) is 13.5. The number of carboxylic acid groups (broad SMARTS) is 1. The lowest BCUT2D eigenvalue weighted by Gasteiger charge is -2.31. The third kappa shape index (κ3) is 42.1. The smallest absolute Gasteiger partial charge is 0.362 e. The van der Waals surface area contributed by atoms with E-state index in [-0.39, 0.29) is 36.2 Å². The van der Waals surface area contributed by atoms with Crippen LogP contribution in [0.2, 0.25) is 0 Å². The SMILES string of the molecule is CCCCC/C=C/C/C=C/C/C=C/C/C=C/CCCCCCCC(=O)OC(COCCC(C(=O)O)[N+](C)(C)C)COC(=O)CCCCCCCCC/C=C/C/C=C/CCCCC. The zero-order valence-electron chi connectivity index (χ0n) is 40.6. The molecule has 0 aromatic rings. The molecule has 0 aromatic heterocycles. The number of nitrogens with zero attached hydrogens (tertiary/aromatic N) is 1. The van der Waals surface area contributed by atoms with E-state index in [0.29, 0.717) is 19.3 Å². The summed E-state index contributed by atoms with van der Waals surface area (Å²) in [6.07, 6.45) is 56.5. The number of quaternary nitrogens is 1. The van der Waals surface area contributed by atoms with E-state index >= 15 is 0 Å². The summed E-state index contributed by atoms with van der Waals surface area (Å²) in [5.41, 5.74) is 0. The summed E-state index contributed by atoms with van der Waals surface area (Å²) in [6, 6.07) is -0.623. The predicted octanol–water partition coefficient (Wildman–Crippen LogP) is 14.3. The van der Waals surface area contributed by atoms with Gasteiger partial charge in [0.15, 0.2) is 12.1 Å². The molecule has 0 aliphatic heterocycles. The van der Waals surface area contributed by atoms with Crippen molar-refractivity contribution in [1.82, 2.24) is 0 Å². The minimum absolute atomic E-state index is 0.0476. The number of hydrogen-bond acceptors (Lipinski definition) is 6. The molecule has 2 atom stereocenters. The van der Waals surface area contributed by atoms with Gasteiger partial charge < -0.3 is 23.8 Å². The van der Waals surface area contributed by atoms with E-state index in [0.717, 1.165) is 89.9 Å². The van der Waals surface area contributed by atoms with Gasteiger partial charge in [0.25, 0.3) is 0 Å². The number of unbranched alkanes of at least 4 members (excludes halogenated alkanes) is 18. The highest BCUT2D eigenvalue weighted by Crippen LogP contribution is 2.14. The first-order valence-electron chi connectivity index (χ1n) is 25.0. The number of hydrogen-bond donors (Lipinski definition) is 1. The fourth-order valence-corrected chi connectivity index (χ4v) is 6.93. The Bertz CT molecular complexity index is 1240. The van der Waals surface area contributed by atoms with Crippen molar-refractivity contribution >= 4 is 17.9 Å². The third-order valence-electron chi connectivity index (χ3n) is 10.8. The summed E-state index contributed by atoms with van der Waals surface area (Å²) in [6.45, 7) is 4.66. The fraction of sp³-hybridized carbons (Fsp3) is 0.722. The second-order valence-corrected chi connectivity index (χ2v) is 17.7. The molecule has 1 N–H and O–H groups in total. The number of aliphatic carboxylic acids is 1. The molecule has 2 unspecified atom stereocenters. The largest absolute Gasteiger partial charge is 0.477 e. The molecule has 62 heavy (non-hydrogen) atoms. The first-order chi connectivity index (χ1) is 30.1. The maximum Gasteiger partial charge on any atom is 0.362 e. The van der Waals surface area contributed by atoms with Crippen LogP contribution in [-0.4, -0.2) is 80.6 Å². The number of rotatable bonds is 44. The summed E-state index contributed by atoms with van der Waals surface area (Å²) < 4.78 is 17.3. The van der Waals surface area contributed by atoms with Crippen LogP contribution in [0.5, 0.6) is 0 Å². The van der Waals surface area contributed by atoms with Crippen LogP contribution in [0.4, 0.5) is 0 Å². The van der Waals surface area contributed by atoms with Crippen LogP contribution in [0.1, 0.15) is 200 Å². The van der Waals surface area contributed by atoms with E-state index in [9.17, 15) is 19.5 Å². The molecule has 0 radical (unpaired) electrons. The second-order valence-electron chi connectivity index (χ2n) is 17.7. The Hall–Kier alpha value is -3.23. The molecule has 0 saturated heterocycles. The lowest BCUT2D eigenvalue weighted by atomic mass is 10.1. The number of likely N-dealkylation sites (N-methyl/N-ethyl adjacent to an activating group) is 1. The molecule has 0 aliphatic rings. The molecule has 0 rings (SSSR count). The van der Waals surface area contributed by atoms with Gasteiger partial charge in [-0.1, -0.05) is 164 Å². The van der Waals surface area contributed by atoms with Gasteiger partial charge in [0.2, 0.25) is 0 Å². The second kappa shape index (κ2) is 44.4. The highest BCUT2D eigenvalue weighted by Gasteiger charge is 2.31. The van der Waals surface area contributed by atoms with Crippen molar-refractivity contribution in [2.45, 2.75) is 212 Å². The maximum atomic E-state index is 12.8. The van der Waals surface area contributed by atoms with Gasteiger partial charge in [-0.15, -0.1) is 0 Å². The van der Waals surface area contributed by atoms with Crippen molar-refractivity contribution in [3.8, 4) is 0 Å². The number of allylic oxidation sites excluding steroid dienone is 12. The summed E-state index contributed by atoms with van der Waals surface area (Å²) >= 11 is 0. The number of ether oxygens (including phenoxy) is 3. The molecule has 0 aromatic carbocycles. The zero-order chi connectivity index (χ0) is 45.6. The molecule has 8 nitrogen and oxygen atoms in total. The Labute approximate surface area is 381 Å². The highest BCUT2D eigenvalue weighted by molar-refractivity contribution is 5.72. The van der Waals surface area contributed by atoms with E-state index in [1.54, 1.807) is 0 Å². The van der Waals surface area contributed by atoms with E-state index < -0.39 is 18.1 Å². The molecule has 0 saturated carbocycles. The van der Waals surface area contributed by atoms with Crippen molar-refractivity contribution in [2.75, 3.05) is 41.0 Å². The van der Waals surface area contributed by atoms with Gasteiger partial charge in [0, 0.05) is 19.3 Å². The topological polar surface area (TPSA) is 99.1 Å². The lowest BCUT2D eigenvalue weighted by molar-refractivity contribution is -0.887. The van der Waals surface area contributed by atoms with Crippen LogP contribution in [-0.2, 0) is 28.6 Å². The number of carboxylic acids is 1. The summed E-state index contributed by atoms with van der Waals surface area (Å²) in [4.78, 5) is 37.1. The van der Waals surface area contributed by atoms with Crippen LogP contribution in [0, 0.1) is 0 Å². The average molecular weight is 869 g/mol. The fourth-order valence-electron chi connectivity index (χ4n) is 6.93. The Kier molecular flexibility index (Phi) is 42.1. The van der Waals surface area contributed by atoms with Gasteiger partial charge in [0.1, 0.15) is 6.61 Å². The molecular weight excluding hydrogens is 775 g/mol. The van der Waals surface area contributed by atoms with Gasteiger partial charge in [0.05, 0.1) is 34.4 Å². The van der Waals surface area contributed by atoms with Crippen LogP contribution < -0.4 is 0 Å². The lowest BCUT2D eigenvalue weighted by Crippen LogP contribution is -2.50. The highest BCUT2D eigenvalue weighted by atomic mass is 16.6. The van der Waals surface area contributed by atoms with Gasteiger partial charge in [-0.3, -0.25) is 9.59 Å². The van der Waals surface area contributed by atoms with Gasteiger partial charge in [-0.25, -0.2) is 4.79 Å². The number of esters is 2. The average Bonchev–Trinajstić information content (AvgIpc) is 3.23. The molecule has 0 spiro atoms. The molecule has 8 heteroatoms. The Morgan fingerprint density at radius 2 is 0.855 bits per heavy atom. The quantitative estimate of drug-likeness (QED) is 0.0282. The van der Waals surface area contributed by atoms with E-state index in [4.69, 9.17) is 14.2 Å². The monoisotopic (exact) mass is 869 g/mol. The van der Waals surface area contributed by atoms with Crippen molar-refractivity contribution in [2.24, 2.45) is 0 Å². The Morgan fingerprint density at radius 3 is 1.26 bits per heavy atom. The first kappa shape index (κ1) is 58.8. The molecule has 0 fully saturated rings. The number of carbonyl (C=O) groups is 3. The van der Waals surface area contributed by atoms with Crippen LogP contribution in [0.15, 0.2) is 72.9 Å². The minimum Gasteiger partial charge on any atom is -0.477 e. The summed E-state index contributed by atoms with van der Waals surface area (Å²) in [5, 5.41) is 9.65. The van der Waals surface area contributed by atoms with Crippen LogP contribution >= 0.6 is 0 Å². The maximum absolute atomic E-state index is 12.8. The minimum atomic E-state index is -0.881. The van der Waals surface area contributed by atoms with Crippen LogP contribution in [0.3, 0.4) is 0 Å². The summed E-state index contributed by atoms with van der Waals surface area (Å²) in [5.74, 6) is -1.50. The molecule has 0 amide bonds. The van der Waals surface area contributed by atoms with E-state index in [1.807, 2.05) is 21.1 Å². The van der Waals surface area contributed by atoms with Gasteiger partial charge in [-0.2, -0.15) is 0 Å². The van der Waals surface area contributed by atoms with Crippen LogP contribution in [0.25, 0.3) is 0 Å². The molecule has 0 aliphatic carbocycles. The van der Waals surface area contributed by atoms with Crippen molar-refractivity contribution in [3.05, 3.63) is 72.9 Å². The van der Waals surface area contributed by atoms with Crippen molar-refractivity contribution in [1.29, 1.82) is 0 Å². The molecular formula is C54H94NO7+. The first-order valence-corrected chi connectivity index (χ1v) is 25.0. The van der Waals surface area contributed by atoms with E-state index in [1.165, 1.54) is 77.0 Å². The van der Waals surface area contributed by atoms with Crippen molar-refractivity contribution < 1.29 is 38.2 Å². The summed E-state index contributed by atoms with van der Waals surface area (Å²) in [7, 11) is 5.52. The molecule has 356 valence electrons. The predicted molar refractivity (Wildman–Crippen MR) is 261 cm³/mol. The third-order valence-corrected chi connectivity index (χ3v) is 10.8. The van der Waals surface area contributed by atoms with Gasteiger partial charge in [-0.05, 0) is 89.9 Å². The number of carbonyl (C=O) groups excluding carboxylic acids is 2. The zero-order valence-corrected chi connectivity index (χ0v) is 40.6.